The van der Waals surface area contributed by atoms with Gasteiger partial charge in [-0.25, -0.2) is 4.79 Å². The minimum Gasteiger partial charge on any atom is -0.508 e. The molecule has 4 amide bonds. The van der Waals surface area contributed by atoms with E-state index in [2.05, 4.69) is 15.6 Å². The minimum atomic E-state index is -1.57. The van der Waals surface area contributed by atoms with Crippen LogP contribution in [0.1, 0.15) is 21.7 Å². The molecule has 0 saturated carbocycles. The molecule has 0 bridgehead atoms. The number of aromatic nitrogens is 1. The monoisotopic (exact) mass is 378 g/mol. The Morgan fingerprint density at radius 2 is 2.07 bits per heavy atom. The summed E-state index contributed by atoms with van der Waals surface area (Å²) in [6, 6.07) is 8.87. The van der Waals surface area contributed by atoms with Gasteiger partial charge in [-0.15, -0.1) is 0 Å². The molecule has 5 rings (SSSR count). The molecule has 1 saturated heterocycles. The second kappa shape index (κ2) is 5.56. The number of phenolic OH excluding ortho intramolecular Hbond substituents is 1. The summed E-state index contributed by atoms with van der Waals surface area (Å²) in [5.41, 5.74) is 0.524. The van der Waals surface area contributed by atoms with Gasteiger partial charge in [-0.05, 0) is 29.8 Å². The number of imide groups is 1. The summed E-state index contributed by atoms with van der Waals surface area (Å²) in [6.07, 6.45) is 1.59. The number of rotatable bonds is 3. The number of amides is 4. The lowest BCUT2D eigenvalue weighted by Crippen LogP contribution is -2.52. The van der Waals surface area contributed by atoms with Crippen LogP contribution in [0, 0.1) is 0 Å². The average molecular weight is 378 g/mol. The Hall–Kier alpha value is -3.88. The number of carbonyl (C=O) groups excluding carboxylic acids is 3. The number of phenols is 1. The van der Waals surface area contributed by atoms with Gasteiger partial charge in [0.25, 0.3) is 11.8 Å². The van der Waals surface area contributed by atoms with Crippen LogP contribution >= 0.6 is 0 Å². The van der Waals surface area contributed by atoms with E-state index in [0.29, 0.717) is 16.7 Å². The van der Waals surface area contributed by atoms with Gasteiger partial charge in [0.2, 0.25) is 0 Å². The topological polar surface area (TPSA) is 125 Å². The first-order valence-corrected chi connectivity index (χ1v) is 8.56. The Bertz CT molecular complexity index is 1140. The number of carbonyl (C=O) groups is 3. The first kappa shape index (κ1) is 16.3. The molecule has 2 aliphatic heterocycles. The summed E-state index contributed by atoms with van der Waals surface area (Å²) < 4.78 is 5.80. The number of urea groups is 1. The fourth-order valence-electron chi connectivity index (χ4n) is 3.70. The molecule has 0 radical (unpaired) electrons. The van der Waals surface area contributed by atoms with Crippen molar-refractivity contribution in [3.05, 3.63) is 59.5 Å². The number of fused-ring (bicyclic) bond motifs is 2. The number of hydrogen-bond acceptors (Lipinski definition) is 6. The van der Waals surface area contributed by atoms with Crippen molar-refractivity contribution < 1.29 is 23.9 Å². The summed E-state index contributed by atoms with van der Waals surface area (Å²) in [5.74, 6) is -0.772. The average Bonchev–Trinajstić information content (AvgIpc) is 3.31. The number of furan rings is 1. The van der Waals surface area contributed by atoms with Crippen molar-refractivity contribution in [1.29, 1.82) is 0 Å². The van der Waals surface area contributed by atoms with Gasteiger partial charge < -0.3 is 19.7 Å². The van der Waals surface area contributed by atoms with E-state index in [-0.39, 0.29) is 30.5 Å². The van der Waals surface area contributed by atoms with Crippen molar-refractivity contribution in [3.63, 3.8) is 0 Å². The molecule has 28 heavy (non-hydrogen) atoms. The smallest absolute Gasteiger partial charge is 0.322 e. The first-order valence-electron chi connectivity index (χ1n) is 8.56. The Labute approximate surface area is 158 Å². The third-order valence-electron chi connectivity index (χ3n) is 5.05. The normalized spacial score (nSPS) is 21.1. The van der Waals surface area contributed by atoms with Gasteiger partial charge in [0, 0.05) is 24.4 Å². The predicted octanol–water partition coefficient (Wildman–Crippen LogP) is 1.22. The molecule has 2 aliphatic rings. The fourth-order valence-corrected chi connectivity index (χ4v) is 3.70. The molecule has 3 N–H and O–H groups in total. The van der Waals surface area contributed by atoms with E-state index in [4.69, 9.17) is 4.42 Å². The zero-order valence-corrected chi connectivity index (χ0v) is 14.4. The van der Waals surface area contributed by atoms with Crippen LogP contribution in [0.15, 0.2) is 47.0 Å². The van der Waals surface area contributed by atoms with Crippen molar-refractivity contribution in [2.45, 2.75) is 12.1 Å². The molecule has 2 aromatic heterocycles. The molecule has 4 heterocycles. The highest BCUT2D eigenvalue weighted by molar-refractivity contribution is 6.08. The third kappa shape index (κ3) is 2.26. The summed E-state index contributed by atoms with van der Waals surface area (Å²) >= 11 is 0. The number of aromatic hydroxyl groups is 1. The van der Waals surface area contributed by atoms with Crippen LogP contribution < -0.4 is 10.6 Å². The van der Waals surface area contributed by atoms with Crippen molar-refractivity contribution in [3.8, 4) is 5.75 Å². The van der Waals surface area contributed by atoms with Crippen molar-refractivity contribution in [1.82, 2.24) is 20.5 Å². The molecule has 1 unspecified atom stereocenters. The maximum Gasteiger partial charge on any atom is 0.322 e. The zero-order valence-electron chi connectivity index (χ0n) is 14.4. The second-order valence-electron chi connectivity index (χ2n) is 6.81. The summed E-state index contributed by atoms with van der Waals surface area (Å²) in [4.78, 5) is 43.1. The van der Waals surface area contributed by atoms with Crippen LogP contribution in [-0.4, -0.2) is 39.4 Å². The Morgan fingerprint density at radius 1 is 1.21 bits per heavy atom. The van der Waals surface area contributed by atoms with Gasteiger partial charge in [-0.1, -0.05) is 6.07 Å². The SMILES string of the molecule is O=C1NC(=O)C(CN2Cc3ccc(O)cc3C2=O)(c2cc3ncccc3o2)N1. The van der Waals surface area contributed by atoms with E-state index in [0.717, 1.165) is 5.56 Å². The highest BCUT2D eigenvalue weighted by Gasteiger charge is 2.53. The van der Waals surface area contributed by atoms with Gasteiger partial charge in [0.1, 0.15) is 17.0 Å². The van der Waals surface area contributed by atoms with Crippen LogP contribution in [0.5, 0.6) is 5.75 Å². The molecule has 1 fully saturated rings. The quantitative estimate of drug-likeness (QED) is 0.589. The van der Waals surface area contributed by atoms with Gasteiger partial charge in [-0.2, -0.15) is 0 Å². The molecule has 0 spiro atoms. The molecule has 0 aliphatic carbocycles. The molecular weight excluding hydrogens is 364 g/mol. The molecule has 3 aromatic rings. The lowest BCUT2D eigenvalue weighted by molar-refractivity contribution is -0.125. The number of benzene rings is 1. The van der Waals surface area contributed by atoms with E-state index in [1.165, 1.54) is 17.0 Å². The Morgan fingerprint density at radius 3 is 2.82 bits per heavy atom. The van der Waals surface area contributed by atoms with Crippen LogP contribution in [-0.2, 0) is 16.9 Å². The Balaban J connectivity index is 1.56. The van der Waals surface area contributed by atoms with E-state index in [1.807, 2.05) is 0 Å². The highest BCUT2D eigenvalue weighted by atomic mass is 16.3. The molecule has 140 valence electrons. The van der Waals surface area contributed by atoms with Gasteiger partial charge in [0.15, 0.2) is 11.1 Å². The molecule has 1 atom stereocenters. The zero-order chi connectivity index (χ0) is 19.5. The summed E-state index contributed by atoms with van der Waals surface area (Å²) in [5, 5.41) is 14.5. The molecule has 9 heteroatoms. The van der Waals surface area contributed by atoms with Gasteiger partial charge in [-0.3, -0.25) is 19.9 Å². The fraction of sp³-hybridized carbons (Fsp3) is 0.158. The standard InChI is InChI=1S/C19H14N4O5/c24-11-4-3-10-8-23(16(25)12(10)6-11)9-19(17(26)21-18(27)22-19)15-7-13-14(28-15)2-1-5-20-13/h1-7,24H,8-9H2,(H2,21,22,26,27). The van der Waals surface area contributed by atoms with Gasteiger partial charge in [0.05, 0.1) is 6.54 Å². The minimum absolute atomic E-state index is 0.0149. The van der Waals surface area contributed by atoms with E-state index in [1.54, 1.807) is 30.5 Å². The van der Waals surface area contributed by atoms with E-state index < -0.39 is 17.5 Å². The maximum absolute atomic E-state index is 12.8. The first-order chi connectivity index (χ1) is 13.5. The van der Waals surface area contributed by atoms with Crippen molar-refractivity contribution >= 4 is 28.9 Å². The third-order valence-corrected chi connectivity index (χ3v) is 5.05. The number of pyridine rings is 1. The van der Waals surface area contributed by atoms with Crippen LogP contribution in [0.2, 0.25) is 0 Å². The largest absolute Gasteiger partial charge is 0.508 e. The maximum atomic E-state index is 12.8. The van der Waals surface area contributed by atoms with Crippen LogP contribution in [0.3, 0.4) is 0 Å². The molecule has 9 nitrogen and oxygen atoms in total. The summed E-state index contributed by atoms with van der Waals surface area (Å²) in [7, 11) is 0. The van der Waals surface area contributed by atoms with E-state index >= 15 is 0 Å². The lowest BCUT2D eigenvalue weighted by atomic mass is 9.95. The predicted molar refractivity (Wildman–Crippen MR) is 95.2 cm³/mol. The van der Waals surface area contributed by atoms with Crippen LogP contribution in [0.25, 0.3) is 11.1 Å². The number of nitrogens with one attached hydrogen (secondary N) is 2. The number of hydrogen-bond donors (Lipinski definition) is 3. The molecular formula is C19H14N4O5. The van der Waals surface area contributed by atoms with Crippen LogP contribution in [0.4, 0.5) is 4.79 Å². The summed E-state index contributed by atoms with van der Waals surface area (Å²) in [6.45, 7) is 0.122. The Kier molecular flexibility index (Phi) is 3.24. The highest BCUT2D eigenvalue weighted by Crippen LogP contribution is 2.34. The lowest BCUT2D eigenvalue weighted by Gasteiger charge is -2.28. The van der Waals surface area contributed by atoms with Crippen molar-refractivity contribution in [2.75, 3.05) is 6.54 Å². The van der Waals surface area contributed by atoms with Gasteiger partial charge >= 0.3 is 6.03 Å². The molecule has 1 aromatic carbocycles. The second-order valence-corrected chi connectivity index (χ2v) is 6.81. The van der Waals surface area contributed by atoms with Crippen molar-refractivity contribution in [2.24, 2.45) is 0 Å². The van der Waals surface area contributed by atoms with E-state index in [9.17, 15) is 19.5 Å². The number of nitrogens with zero attached hydrogens (tertiary/aromatic N) is 2.